The lowest BCUT2D eigenvalue weighted by Crippen LogP contribution is -2.20. The molecule has 0 saturated carbocycles. The van der Waals surface area contributed by atoms with Gasteiger partial charge >= 0.3 is 0 Å². The van der Waals surface area contributed by atoms with Crippen molar-refractivity contribution < 1.29 is 4.79 Å². The van der Waals surface area contributed by atoms with Gasteiger partial charge in [0, 0.05) is 18.9 Å². The molecule has 8 heteroatoms. The summed E-state index contributed by atoms with van der Waals surface area (Å²) >= 11 is 6.19. The van der Waals surface area contributed by atoms with Gasteiger partial charge in [-0.2, -0.15) is 4.98 Å². The highest BCUT2D eigenvalue weighted by Gasteiger charge is 2.18. The molecule has 28 heavy (non-hydrogen) atoms. The van der Waals surface area contributed by atoms with Gasteiger partial charge < -0.3 is 16.0 Å². The van der Waals surface area contributed by atoms with Gasteiger partial charge in [0.25, 0.3) is 0 Å². The van der Waals surface area contributed by atoms with Crippen LogP contribution < -0.4 is 11.1 Å². The number of aromatic nitrogens is 3. The van der Waals surface area contributed by atoms with Gasteiger partial charge in [0.2, 0.25) is 5.95 Å². The maximum absolute atomic E-state index is 12.7. The largest absolute Gasteiger partial charge is 0.368 e. The van der Waals surface area contributed by atoms with Gasteiger partial charge in [-0.05, 0) is 69.1 Å². The molecule has 0 spiro atoms. The zero-order valence-corrected chi connectivity index (χ0v) is 16.5. The lowest BCUT2D eigenvalue weighted by molar-refractivity contribution is 0.104. The number of allylic oxidation sites excluding steroid dienone is 2. The Morgan fingerprint density at radius 3 is 2.75 bits per heavy atom. The summed E-state index contributed by atoms with van der Waals surface area (Å²) in [6, 6.07) is 3.75. The standard InChI is InChI=1S/C20H25ClN6O/c21-18-17(16(28)6-2-1-3-11-27-12-4-5-13-27)19(26-20(22)25-18)24-14-15-7-9-23-10-8-15/h2,6-10H,1,3-5,11-14H2,(H3,22,24,25,26)/b6-2+. The van der Waals surface area contributed by atoms with E-state index in [-0.39, 0.29) is 22.4 Å². The number of anilines is 2. The number of carbonyl (C=O) groups excluding carboxylic acids is 1. The average molecular weight is 401 g/mol. The molecule has 0 unspecified atom stereocenters. The summed E-state index contributed by atoms with van der Waals surface area (Å²) in [6.07, 6.45) is 11.3. The number of nitrogens with two attached hydrogens (primary N) is 1. The molecule has 0 bridgehead atoms. The van der Waals surface area contributed by atoms with Crippen molar-refractivity contribution in [2.75, 3.05) is 30.7 Å². The SMILES string of the molecule is Nc1nc(Cl)c(C(=O)/C=C/CCCN2CCCC2)c(NCc2ccncc2)n1. The molecule has 2 aromatic heterocycles. The van der Waals surface area contributed by atoms with Gasteiger partial charge in [-0.15, -0.1) is 0 Å². The number of pyridine rings is 1. The van der Waals surface area contributed by atoms with E-state index < -0.39 is 0 Å². The number of halogens is 1. The van der Waals surface area contributed by atoms with Crippen molar-refractivity contribution >= 4 is 29.2 Å². The summed E-state index contributed by atoms with van der Waals surface area (Å²) in [6.45, 7) is 3.92. The zero-order valence-electron chi connectivity index (χ0n) is 15.8. The van der Waals surface area contributed by atoms with E-state index in [2.05, 4.69) is 25.2 Å². The minimum Gasteiger partial charge on any atom is -0.368 e. The number of rotatable bonds is 9. The van der Waals surface area contributed by atoms with Crippen molar-refractivity contribution in [3.05, 3.63) is 53.0 Å². The zero-order chi connectivity index (χ0) is 19.8. The summed E-state index contributed by atoms with van der Waals surface area (Å²) < 4.78 is 0. The highest BCUT2D eigenvalue weighted by atomic mass is 35.5. The third-order valence-electron chi connectivity index (χ3n) is 4.65. The molecule has 1 aliphatic heterocycles. The quantitative estimate of drug-likeness (QED) is 0.288. The van der Waals surface area contributed by atoms with Crippen LogP contribution in [0.1, 0.15) is 41.6 Å². The van der Waals surface area contributed by atoms with E-state index in [4.69, 9.17) is 17.3 Å². The first-order chi connectivity index (χ1) is 13.6. The molecular weight excluding hydrogens is 376 g/mol. The van der Waals surface area contributed by atoms with Gasteiger partial charge in [-0.1, -0.05) is 17.7 Å². The Bertz CT molecular complexity index is 821. The highest BCUT2D eigenvalue weighted by Crippen LogP contribution is 2.24. The molecule has 2 aromatic rings. The molecule has 3 heterocycles. The maximum Gasteiger partial charge on any atom is 0.223 e. The number of carbonyl (C=O) groups is 1. The molecule has 7 nitrogen and oxygen atoms in total. The summed E-state index contributed by atoms with van der Waals surface area (Å²) in [5, 5.41) is 3.18. The fourth-order valence-electron chi connectivity index (χ4n) is 3.20. The number of unbranched alkanes of at least 4 members (excludes halogenated alkanes) is 1. The minimum absolute atomic E-state index is 0.0216. The minimum atomic E-state index is -0.233. The van der Waals surface area contributed by atoms with Crippen LogP contribution in [0.25, 0.3) is 0 Å². The van der Waals surface area contributed by atoms with Gasteiger partial charge in [-0.25, -0.2) is 4.98 Å². The van der Waals surface area contributed by atoms with Crippen LogP contribution in [0.2, 0.25) is 5.15 Å². The summed E-state index contributed by atoms with van der Waals surface area (Å²) in [4.78, 5) is 27.2. The Balaban J connectivity index is 1.62. The van der Waals surface area contributed by atoms with Gasteiger partial charge in [0.15, 0.2) is 5.78 Å². The van der Waals surface area contributed by atoms with E-state index in [0.717, 1.165) is 24.9 Å². The molecule has 1 fully saturated rings. The fraction of sp³-hybridized carbons (Fsp3) is 0.400. The van der Waals surface area contributed by atoms with Crippen LogP contribution in [-0.4, -0.2) is 45.3 Å². The van der Waals surface area contributed by atoms with Gasteiger partial charge in [0.1, 0.15) is 16.5 Å². The summed E-state index contributed by atoms with van der Waals surface area (Å²) in [5.41, 5.74) is 6.94. The maximum atomic E-state index is 12.7. The molecule has 1 aliphatic rings. The van der Waals surface area contributed by atoms with E-state index in [1.165, 1.54) is 25.9 Å². The Morgan fingerprint density at radius 2 is 2.00 bits per heavy atom. The van der Waals surface area contributed by atoms with E-state index in [1.54, 1.807) is 18.5 Å². The Labute approximate surface area is 170 Å². The molecule has 148 valence electrons. The molecular formula is C20H25ClN6O. The van der Waals surface area contributed by atoms with E-state index >= 15 is 0 Å². The Hall–Kier alpha value is -2.51. The first-order valence-electron chi connectivity index (χ1n) is 9.52. The van der Waals surface area contributed by atoms with E-state index in [9.17, 15) is 4.79 Å². The van der Waals surface area contributed by atoms with Crippen LogP contribution in [0.5, 0.6) is 0 Å². The number of nitrogens with one attached hydrogen (secondary N) is 1. The lowest BCUT2D eigenvalue weighted by atomic mass is 10.1. The predicted molar refractivity (Wildman–Crippen MR) is 111 cm³/mol. The third kappa shape index (κ3) is 5.74. The smallest absolute Gasteiger partial charge is 0.223 e. The fourth-order valence-corrected chi connectivity index (χ4v) is 3.46. The molecule has 1 saturated heterocycles. The van der Waals surface area contributed by atoms with E-state index in [1.807, 2.05) is 18.2 Å². The monoisotopic (exact) mass is 400 g/mol. The molecule has 3 N–H and O–H groups in total. The second-order valence-corrected chi connectivity index (χ2v) is 7.12. The van der Waals surface area contributed by atoms with Crippen LogP contribution in [0, 0.1) is 0 Å². The normalized spacial score (nSPS) is 14.6. The number of hydrogen-bond acceptors (Lipinski definition) is 7. The molecule has 0 amide bonds. The predicted octanol–water partition coefficient (Wildman–Crippen LogP) is 3.33. The third-order valence-corrected chi connectivity index (χ3v) is 4.92. The topological polar surface area (TPSA) is 97.0 Å². The van der Waals surface area contributed by atoms with Crippen LogP contribution in [-0.2, 0) is 6.54 Å². The van der Waals surface area contributed by atoms with Crippen molar-refractivity contribution in [3.8, 4) is 0 Å². The van der Waals surface area contributed by atoms with Crippen molar-refractivity contribution in [1.82, 2.24) is 19.9 Å². The molecule has 0 aliphatic carbocycles. The second kappa shape index (κ2) is 10.1. The van der Waals surface area contributed by atoms with Crippen molar-refractivity contribution in [1.29, 1.82) is 0 Å². The molecule has 0 aromatic carbocycles. The van der Waals surface area contributed by atoms with Gasteiger partial charge in [-0.3, -0.25) is 9.78 Å². The number of nitrogens with zero attached hydrogens (tertiary/aromatic N) is 4. The molecule has 0 atom stereocenters. The second-order valence-electron chi connectivity index (χ2n) is 6.76. The van der Waals surface area contributed by atoms with Crippen LogP contribution in [0.3, 0.4) is 0 Å². The van der Waals surface area contributed by atoms with Crippen LogP contribution >= 0.6 is 11.6 Å². The first-order valence-corrected chi connectivity index (χ1v) is 9.90. The highest BCUT2D eigenvalue weighted by molar-refractivity contribution is 6.34. The van der Waals surface area contributed by atoms with Crippen molar-refractivity contribution in [3.63, 3.8) is 0 Å². The molecule has 3 rings (SSSR count). The number of nitrogen functional groups attached to an aromatic ring is 1. The van der Waals surface area contributed by atoms with E-state index in [0.29, 0.717) is 12.4 Å². The summed E-state index contributed by atoms with van der Waals surface area (Å²) in [7, 11) is 0. The molecule has 0 radical (unpaired) electrons. The Kier molecular flexibility index (Phi) is 7.33. The number of ketones is 1. The summed E-state index contributed by atoms with van der Waals surface area (Å²) in [5.74, 6) is 0.123. The van der Waals surface area contributed by atoms with Crippen LogP contribution in [0.4, 0.5) is 11.8 Å². The van der Waals surface area contributed by atoms with Crippen molar-refractivity contribution in [2.24, 2.45) is 0 Å². The average Bonchev–Trinajstić information content (AvgIpc) is 3.20. The Morgan fingerprint density at radius 1 is 1.25 bits per heavy atom. The lowest BCUT2D eigenvalue weighted by Gasteiger charge is -2.13. The van der Waals surface area contributed by atoms with Crippen molar-refractivity contribution in [2.45, 2.75) is 32.2 Å². The van der Waals surface area contributed by atoms with Crippen LogP contribution in [0.15, 0.2) is 36.7 Å². The van der Waals surface area contributed by atoms with Gasteiger partial charge in [0.05, 0.1) is 0 Å². The first kappa shape index (κ1) is 20.2. The number of hydrogen-bond donors (Lipinski definition) is 2. The number of likely N-dealkylation sites (tertiary alicyclic amines) is 1.